The predicted octanol–water partition coefficient (Wildman–Crippen LogP) is 0.806. The molecule has 3 rings (SSSR count). The molecule has 0 radical (unpaired) electrons. The van der Waals surface area contributed by atoms with Gasteiger partial charge in [-0.2, -0.15) is 4.52 Å². The maximum atomic E-state index is 4.15. The molecule has 1 aliphatic rings. The van der Waals surface area contributed by atoms with Gasteiger partial charge in [-0.15, -0.1) is 5.10 Å². The number of fused-ring (bicyclic) bond motifs is 1. The van der Waals surface area contributed by atoms with Gasteiger partial charge in [0.15, 0.2) is 11.5 Å². The molecule has 2 aromatic rings. The summed E-state index contributed by atoms with van der Waals surface area (Å²) >= 11 is 0. The second-order valence-electron chi connectivity index (χ2n) is 5.15. The average molecular weight is 261 g/mol. The zero-order valence-electron chi connectivity index (χ0n) is 11.2. The highest BCUT2D eigenvalue weighted by atomic mass is 15.5. The first-order valence-electron chi connectivity index (χ1n) is 6.84. The lowest BCUT2D eigenvalue weighted by Crippen LogP contribution is -2.38. The number of piperidine rings is 1. The zero-order chi connectivity index (χ0) is 13.1. The van der Waals surface area contributed by atoms with Crippen LogP contribution in [0.5, 0.6) is 0 Å². The van der Waals surface area contributed by atoms with Crippen molar-refractivity contribution in [3.63, 3.8) is 0 Å². The van der Waals surface area contributed by atoms with E-state index in [1.807, 2.05) is 0 Å². The predicted molar refractivity (Wildman–Crippen MR) is 72.0 cm³/mol. The molecular formula is C12H19N7. The molecule has 0 amide bonds. The number of nitrogens with zero attached hydrogens (tertiary/aromatic N) is 6. The van der Waals surface area contributed by atoms with Crippen molar-refractivity contribution < 1.29 is 0 Å². The van der Waals surface area contributed by atoms with E-state index in [9.17, 15) is 0 Å². The summed E-state index contributed by atoms with van der Waals surface area (Å²) < 4.78 is 1.68. The quantitative estimate of drug-likeness (QED) is 0.878. The molecule has 0 saturated carbocycles. The van der Waals surface area contributed by atoms with Gasteiger partial charge in [-0.05, 0) is 43.3 Å². The zero-order valence-corrected chi connectivity index (χ0v) is 11.2. The van der Waals surface area contributed by atoms with Gasteiger partial charge in [-0.1, -0.05) is 6.42 Å². The van der Waals surface area contributed by atoms with Crippen molar-refractivity contribution in [2.75, 3.05) is 25.0 Å². The lowest BCUT2D eigenvalue weighted by Gasteiger charge is -2.29. The molecule has 1 N–H and O–H groups in total. The normalized spacial score (nSPS) is 18.6. The maximum Gasteiger partial charge on any atom is 0.199 e. The summed E-state index contributed by atoms with van der Waals surface area (Å²) in [5.41, 5.74) is 0.662. The van der Waals surface area contributed by atoms with E-state index in [0.717, 1.165) is 12.4 Å². The van der Waals surface area contributed by atoms with Gasteiger partial charge in [-0.25, -0.2) is 0 Å². The molecular weight excluding hydrogens is 242 g/mol. The minimum absolute atomic E-state index is 0.342. The van der Waals surface area contributed by atoms with Crippen molar-refractivity contribution >= 4 is 11.5 Å². The monoisotopic (exact) mass is 261 g/mol. The van der Waals surface area contributed by atoms with E-state index in [2.05, 4.69) is 37.6 Å². The first kappa shape index (κ1) is 12.3. The molecule has 3 heterocycles. The van der Waals surface area contributed by atoms with Gasteiger partial charge in [0.1, 0.15) is 0 Å². The van der Waals surface area contributed by atoms with E-state index in [0.29, 0.717) is 11.7 Å². The van der Waals surface area contributed by atoms with E-state index >= 15 is 0 Å². The molecule has 0 aromatic carbocycles. The Morgan fingerprint density at radius 1 is 1.26 bits per heavy atom. The minimum atomic E-state index is 0.342. The van der Waals surface area contributed by atoms with Gasteiger partial charge in [0.25, 0.3) is 0 Å². The van der Waals surface area contributed by atoms with E-state index in [1.54, 1.807) is 16.9 Å². The average Bonchev–Trinajstić information content (AvgIpc) is 2.89. The first-order chi connectivity index (χ1) is 9.33. The van der Waals surface area contributed by atoms with Crippen LogP contribution in [0.15, 0.2) is 12.4 Å². The number of anilines is 1. The van der Waals surface area contributed by atoms with Crippen LogP contribution in [0, 0.1) is 0 Å². The van der Waals surface area contributed by atoms with Crippen LogP contribution in [0.3, 0.4) is 0 Å². The summed E-state index contributed by atoms with van der Waals surface area (Å²) in [4.78, 5) is 6.65. The van der Waals surface area contributed by atoms with Crippen LogP contribution in [0.2, 0.25) is 0 Å². The molecule has 0 spiro atoms. The largest absolute Gasteiger partial charge is 0.365 e. The molecule has 7 nitrogen and oxygen atoms in total. The van der Waals surface area contributed by atoms with Gasteiger partial charge in [-0.3, -0.25) is 4.98 Å². The van der Waals surface area contributed by atoms with Crippen LogP contribution in [0.1, 0.15) is 26.2 Å². The molecule has 102 valence electrons. The molecule has 0 aliphatic carbocycles. The molecule has 1 atom stereocenters. The molecule has 0 bridgehead atoms. The smallest absolute Gasteiger partial charge is 0.199 e. The Kier molecular flexibility index (Phi) is 3.54. The molecule has 1 unspecified atom stereocenters. The SMILES string of the molecule is CC(CN1CCCCC1)Nc1cncc2nnnn12. The molecule has 1 fully saturated rings. The molecule has 1 saturated heterocycles. The molecule has 19 heavy (non-hydrogen) atoms. The van der Waals surface area contributed by atoms with E-state index in [-0.39, 0.29) is 0 Å². The van der Waals surface area contributed by atoms with Crippen LogP contribution in [-0.2, 0) is 0 Å². The van der Waals surface area contributed by atoms with Crippen molar-refractivity contribution in [2.24, 2.45) is 0 Å². The fraction of sp³-hybridized carbons (Fsp3) is 0.667. The standard InChI is InChI=1S/C12H19N7/c1-10(9-18-5-3-2-4-6-18)14-11-7-13-8-12-15-16-17-19(11)12/h7-8,10,14H,2-6,9H2,1H3. The van der Waals surface area contributed by atoms with Gasteiger partial charge < -0.3 is 10.2 Å². The molecule has 1 aliphatic heterocycles. The summed E-state index contributed by atoms with van der Waals surface area (Å²) in [5, 5.41) is 14.9. The molecule has 7 heteroatoms. The fourth-order valence-corrected chi connectivity index (χ4v) is 2.60. The van der Waals surface area contributed by atoms with Gasteiger partial charge in [0, 0.05) is 12.6 Å². The van der Waals surface area contributed by atoms with Crippen LogP contribution < -0.4 is 5.32 Å². The fourth-order valence-electron chi connectivity index (χ4n) is 2.60. The second kappa shape index (κ2) is 5.48. The summed E-state index contributed by atoms with van der Waals surface area (Å²) in [5.74, 6) is 0.840. The number of tetrazole rings is 1. The number of hydrogen-bond acceptors (Lipinski definition) is 6. The topological polar surface area (TPSA) is 71.2 Å². The van der Waals surface area contributed by atoms with E-state index < -0.39 is 0 Å². The number of aromatic nitrogens is 5. The first-order valence-corrected chi connectivity index (χ1v) is 6.84. The van der Waals surface area contributed by atoms with Crippen LogP contribution in [0.25, 0.3) is 5.65 Å². The number of rotatable bonds is 4. The maximum absolute atomic E-state index is 4.15. The minimum Gasteiger partial charge on any atom is -0.365 e. The van der Waals surface area contributed by atoms with Crippen LogP contribution in [-0.4, -0.2) is 55.6 Å². The van der Waals surface area contributed by atoms with Crippen molar-refractivity contribution in [3.05, 3.63) is 12.4 Å². The highest BCUT2D eigenvalue weighted by molar-refractivity contribution is 5.44. The third kappa shape index (κ3) is 2.81. The van der Waals surface area contributed by atoms with E-state index in [4.69, 9.17) is 0 Å². The van der Waals surface area contributed by atoms with E-state index in [1.165, 1.54) is 32.4 Å². The Bertz CT molecular complexity index is 532. The Labute approximate surface area is 112 Å². The van der Waals surface area contributed by atoms with Crippen molar-refractivity contribution in [3.8, 4) is 0 Å². The lowest BCUT2D eigenvalue weighted by molar-refractivity contribution is 0.223. The highest BCUT2D eigenvalue weighted by Crippen LogP contribution is 2.11. The van der Waals surface area contributed by atoms with Gasteiger partial charge in [0.2, 0.25) is 0 Å². The number of nitrogens with one attached hydrogen (secondary N) is 1. The third-order valence-corrected chi connectivity index (χ3v) is 3.48. The summed E-state index contributed by atoms with van der Waals surface area (Å²) in [7, 11) is 0. The third-order valence-electron chi connectivity index (χ3n) is 3.48. The second-order valence-corrected chi connectivity index (χ2v) is 5.15. The van der Waals surface area contributed by atoms with Crippen molar-refractivity contribution in [1.29, 1.82) is 0 Å². The lowest BCUT2D eigenvalue weighted by atomic mass is 10.1. The Morgan fingerprint density at radius 3 is 2.95 bits per heavy atom. The Morgan fingerprint density at radius 2 is 2.11 bits per heavy atom. The van der Waals surface area contributed by atoms with Gasteiger partial charge >= 0.3 is 0 Å². The summed E-state index contributed by atoms with van der Waals surface area (Å²) in [6.45, 7) is 5.63. The van der Waals surface area contributed by atoms with Crippen molar-refractivity contribution in [2.45, 2.75) is 32.2 Å². The molecule has 2 aromatic heterocycles. The summed E-state index contributed by atoms with van der Waals surface area (Å²) in [6.07, 6.45) is 7.41. The Hall–Kier alpha value is -1.76. The number of likely N-dealkylation sites (tertiary alicyclic amines) is 1. The van der Waals surface area contributed by atoms with Crippen molar-refractivity contribution in [1.82, 2.24) is 29.9 Å². The summed E-state index contributed by atoms with van der Waals surface area (Å²) in [6, 6.07) is 0.342. The number of hydrogen-bond donors (Lipinski definition) is 1. The highest BCUT2D eigenvalue weighted by Gasteiger charge is 2.14. The Balaban J connectivity index is 1.65. The van der Waals surface area contributed by atoms with Gasteiger partial charge in [0.05, 0.1) is 12.4 Å². The van der Waals surface area contributed by atoms with Crippen LogP contribution in [0.4, 0.5) is 5.82 Å². The van der Waals surface area contributed by atoms with Crippen LogP contribution >= 0.6 is 0 Å².